The van der Waals surface area contributed by atoms with Gasteiger partial charge in [0.25, 0.3) is 0 Å². The van der Waals surface area contributed by atoms with E-state index in [1.165, 1.54) is 5.56 Å². The molecule has 0 radical (unpaired) electrons. The molecule has 0 fully saturated rings. The second-order valence-corrected chi connectivity index (χ2v) is 4.08. The molecule has 0 amide bonds. The second kappa shape index (κ2) is 6.71. The molecule has 18 heavy (non-hydrogen) atoms. The third-order valence-electron chi connectivity index (χ3n) is 2.31. The molecule has 0 aliphatic heterocycles. The number of benzene rings is 1. The van der Waals surface area contributed by atoms with Crippen LogP contribution in [0.4, 0.5) is 5.82 Å². The Labute approximate surface area is 111 Å². The number of nitrogens with zero attached hydrogens (tertiary/aromatic N) is 3. The summed E-state index contributed by atoms with van der Waals surface area (Å²) in [6, 6.07) is 13.7. The Morgan fingerprint density at radius 2 is 1.94 bits per heavy atom. The molecule has 1 aromatic carbocycles. The maximum Gasteiger partial charge on any atom is 0.168 e. The zero-order valence-electron chi connectivity index (χ0n) is 9.75. The minimum Gasteiger partial charge on any atom is -0.260 e. The molecule has 1 heterocycles. The van der Waals surface area contributed by atoms with E-state index in [9.17, 15) is 0 Å². The molecule has 5 heteroatoms. The SMILES string of the molecule is Clc1ccc(N/N=C/CCc2ccccc2)nn1. The molecule has 0 saturated carbocycles. The molecule has 92 valence electrons. The van der Waals surface area contributed by atoms with Gasteiger partial charge in [0.05, 0.1) is 0 Å². The lowest BCUT2D eigenvalue weighted by molar-refractivity contribution is 1.01. The molecule has 0 saturated heterocycles. The molecule has 2 rings (SSSR count). The summed E-state index contributed by atoms with van der Waals surface area (Å²) in [6.07, 6.45) is 3.67. The Hall–Kier alpha value is -1.94. The van der Waals surface area contributed by atoms with Crippen LogP contribution in [0.25, 0.3) is 0 Å². The van der Waals surface area contributed by atoms with Crippen LogP contribution in [0.15, 0.2) is 47.6 Å². The summed E-state index contributed by atoms with van der Waals surface area (Å²) in [5.74, 6) is 0.579. The first-order chi connectivity index (χ1) is 8.84. The zero-order valence-corrected chi connectivity index (χ0v) is 10.5. The van der Waals surface area contributed by atoms with Crippen LogP contribution in [-0.2, 0) is 6.42 Å². The smallest absolute Gasteiger partial charge is 0.168 e. The minimum atomic E-state index is 0.369. The van der Waals surface area contributed by atoms with Crippen LogP contribution in [0.1, 0.15) is 12.0 Å². The number of rotatable bonds is 5. The van der Waals surface area contributed by atoms with Gasteiger partial charge >= 0.3 is 0 Å². The van der Waals surface area contributed by atoms with Crippen molar-refractivity contribution in [3.05, 3.63) is 53.2 Å². The summed E-state index contributed by atoms with van der Waals surface area (Å²) >= 11 is 5.62. The average molecular weight is 261 g/mol. The molecule has 1 N–H and O–H groups in total. The van der Waals surface area contributed by atoms with E-state index in [0.29, 0.717) is 11.0 Å². The maximum atomic E-state index is 5.62. The average Bonchev–Trinajstić information content (AvgIpc) is 2.42. The fraction of sp³-hybridized carbons (Fsp3) is 0.154. The highest BCUT2D eigenvalue weighted by atomic mass is 35.5. The van der Waals surface area contributed by atoms with E-state index in [2.05, 4.69) is 32.9 Å². The first-order valence-corrected chi connectivity index (χ1v) is 6.03. The summed E-state index contributed by atoms with van der Waals surface area (Å²) in [4.78, 5) is 0. The van der Waals surface area contributed by atoms with Crippen LogP contribution in [0.3, 0.4) is 0 Å². The van der Waals surface area contributed by atoms with Crippen LogP contribution in [0.2, 0.25) is 5.15 Å². The van der Waals surface area contributed by atoms with E-state index in [-0.39, 0.29) is 0 Å². The van der Waals surface area contributed by atoms with Gasteiger partial charge in [-0.05, 0) is 30.5 Å². The van der Waals surface area contributed by atoms with Gasteiger partial charge in [-0.25, -0.2) is 0 Å². The van der Waals surface area contributed by atoms with Crippen molar-refractivity contribution in [2.75, 3.05) is 5.43 Å². The number of hydrazone groups is 1. The fourth-order valence-corrected chi connectivity index (χ4v) is 1.53. The van der Waals surface area contributed by atoms with Crippen molar-refractivity contribution in [1.29, 1.82) is 0 Å². The Morgan fingerprint density at radius 1 is 1.11 bits per heavy atom. The molecule has 0 aliphatic rings. The zero-order chi connectivity index (χ0) is 12.6. The molecule has 1 aromatic heterocycles. The molecule has 0 bridgehead atoms. The predicted molar refractivity (Wildman–Crippen MR) is 73.9 cm³/mol. The van der Waals surface area contributed by atoms with Gasteiger partial charge in [-0.1, -0.05) is 41.9 Å². The normalized spacial score (nSPS) is 10.7. The molecular weight excluding hydrogens is 248 g/mol. The van der Waals surface area contributed by atoms with Gasteiger partial charge in [0.15, 0.2) is 11.0 Å². The molecule has 0 atom stereocenters. The number of hydrogen-bond donors (Lipinski definition) is 1. The largest absolute Gasteiger partial charge is 0.260 e. The standard InChI is InChI=1S/C13H13ClN4/c14-12-8-9-13(18-16-12)17-15-10-4-7-11-5-2-1-3-6-11/h1-3,5-6,8-10H,4,7H2,(H,17,18)/b15-10+. The summed E-state index contributed by atoms with van der Waals surface area (Å²) in [5, 5.41) is 12.0. The van der Waals surface area contributed by atoms with Crippen molar-refractivity contribution in [2.24, 2.45) is 5.10 Å². The molecule has 0 aliphatic carbocycles. The van der Waals surface area contributed by atoms with Gasteiger partial charge in [-0.3, -0.25) is 5.43 Å². The van der Waals surface area contributed by atoms with E-state index in [4.69, 9.17) is 11.6 Å². The Bertz CT molecular complexity index is 496. The number of nitrogens with one attached hydrogen (secondary N) is 1. The fourth-order valence-electron chi connectivity index (χ4n) is 1.43. The lowest BCUT2D eigenvalue weighted by atomic mass is 10.1. The summed E-state index contributed by atoms with van der Waals surface area (Å²) in [7, 11) is 0. The van der Waals surface area contributed by atoms with Crippen molar-refractivity contribution in [2.45, 2.75) is 12.8 Å². The lowest BCUT2D eigenvalue weighted by Gasteiger charge is -1.98. The van der Waals surface area contributed by atoms with E-state index in [1.54, 1.807) is 12.1 Å². The summed E-state index contributed by atoms with van der Waals surface area (Å²) in [6.45, 7) is 0. The highest BCUT2D eigenvalue weighted by molar-refractivity contribution is 6.29. The van der Waals surface area contributed by atoms with E-state index in [1.807, 2.05) is 24.4 Å². The quantitative estimate of drug-likeness (QED) is 0.664. The summed E-state index contributed by atoms with van der Waals surface area (Å²) in [5.41, 5.74) is 4.10. The Balaban J connectivity index is 1.74. The molecule has 2 aromatic rings. The molecule has 0 unspecified atom stereocenters. The van der Waals surface area contributed by atoms with Gasteiger partial charge in [0, 0.05) is 6.21 Å². The third kappa shape index (κ3) is 4.14. The third-order valence-corrected chi connectivity index (χ3v) is 2.51. The minimum absolute atomic E-state index is 0.369. The van der Waals surface area contributed by atoms with E-state index < -0.39 is 0 Å². The first-order valence-electron chi connectivity index (χ1n) is 5.65. The Morgan fingerprint density at radius 3 is 2.67 bits per heavy atom. The van der Waals surface area contributed by atoms with Crippen molar-refractivity contribution in [3.8, 4) is 0 Å². The number of aryl methyl sites for hydroxylation is 1. The number of halogens is 1. The first kappa shape index (κ1) is 12.5. The van der Waals surface area contributed by atoms with Crippen LogP contribution in [-0.4, -0.2) is 16.4 Å². The number of anilines is 1. The number of hydrogen-bond acceptors (Lipinski definition) is 4. The molecule has 0 spiro atoms. The van der Waals surface area contributed by atoms with Crippen LogP contribution in [0, 0.1) is 0 Å². The highest BCUT2D eigenvalue weighted by Crippen LogP contribution is 2.05. The van der Waals surface area contributed by atoms with Gasteiger partial charge in [0.2, 0.25) is 0 Å². The van der Waals surface area contributed by atoms with Gasteiger partial charge in [-0.2, -0.15) is 5.10 Å². The van der Waals surface area contributed by atoms with Crippen molar-refractivity contribution >= 4 is 23.6 Å². The predicted octanol–water partition coefficient (Wildman–Crippen LogP) is 3.16. The molecule has 4 nitrogen and oxygen atoms in total. The van der Waals surface area contributed by atoms with Crippen LogP contribution >= 0.6 is 11.6 Å². The van der Waals surface area contributed by atoms with Crippen molar-refractivity contribution < 1.29 is 0 Å². The monoisotopic (exact) mass is 260 g/mol. The lowest BCUT2D eigenvalue weighted by Crippen LogP contribution is -1.95. The highest BCUT2D eigenvalue weighted by Gasteiger charge is 1.92. The van der Waals surface area contributed by atoms with E-state index >= 15 is 0 Å². The van der Waals surface area contributed by atoms with Gasteiger partial charge in [-0.15, -0.1) is 10.2 Å². The topological polar surface area (TPSA) is 50.2 Å². The number of aromatic nitrogens is 2. The maximum absolute atomic E-state index is 5.62. The Kier molecular flexibility index (Phi) is 4.67. The molecular formula is C13H13ClN4. The van der Waals surface area contributed by atoms with Gasteiger partial charge in [0.1, 0.15) is 0 Å². The van der Waals surface area contributed by atoms with Crippen molar-refractivity contribution in [1.82, 2.24) is 10.2 Å². The van der Waals surface area contributed by atoms with Crippen LogP contribution < -0.4 is 5.43 Å². The van der Waals surface area contributed by atoms with Gasteiger partial charge < -0.3 is 0 Å². The van der Waals surface area contributed by atoms with Crippen LogP contribution in [0.5, 0.6) is 0 Å². The summed E-state index contributed by atoms with van der Waals surface area (Å²) < 4.78 is 0. The van der Waals surface area contributed by atoms with Crippen molar-refractivity contribution in [3.63, 3.8) is 0 Å². The van der Waals surface area contributed by atoms with E-state index in [0.717, 1.165) is 12.8 Å². The second-order valence-electron chi connectivity index (χ2n) is 3.69.